The fourth-order valence-corrected chi connectivity index (χ4v) is 3.81. The minimum Gasteiger partial charge on any atom is -0.496 e. The number of carbonyl (C=O) groups excluding carboxylic acids is 1. The Kier molecular flexibility index (Phi) is 3.96. The number of fused-ring (bicyclic) bond motifs is 1. The highest BCUT2D eigenvalue weighted by molar-refractivity contribution is 7.13. The second kappa shape index (κ2) is 6.30. The number of nitrogens with zero attached hydrogens (tertiary/aromatic N) is 3. The summed E-state index contributed by atoms with van der Waals surface area (Å²) in [4.78, 5) is 17.8. The van der Waals surface area contributed by atoms with Gasteiger partial charge in [-0.05, 0) is 24.4 Å². The number of ether oxygens (including phenoxy) is 1. The standard InChI is InChI=1S/C18H17N5O2S/c1-10-14(16(19)24)15(11-6-3-4-7-12(11)25-2)23-18(20-10)21-17(22-23)13-8-5-9-26-13/h3-9,15H,1-2H3,(H2,19,24)(H,20,21,22). The summed E-state index contributed by atoms with van der Waals surface area (Å²) in [5, 5.41) is 9.76. The van der Waals surface area contributed by atoms with Crippen LogP contribution >= 0.6 is 11.3 Å². The molecule has 4 rings (SSSR count). The summed E-state index contributed by atoms with van der Waals surface area (Å²) in [7, 11) is 1.60. The number of hydrogen-bond acceptors (Lipinski definition) is 6. The van der Waals surface area contributed by atoms with E-state index in [1.165, 1.54) is 0 Å². The van der Waals surface area contributed by atoms with Crippen LogP contribution in [-0.2, 0) is 4.79 Å². The molecule has 3 aromatic rings. The van der Waals surface area contributed by atoms with Crippen molar-refractivity contribution in [3.8, 4) is 16.5 Å². The number of nitrogens with one attached hydrogen (secondary N) is 1. The number of benzene rings is 1. The molecule has 132 valence electrons. The van der Waals surface area contributed by atoms with Crippen molar-refractivity contribution in [2.75, 3.05) is 12.4 Å². The number of rotatable bonds is 4. The summed E-state index contributed by atoms with van der Waals surface area (Å²) in [6.07, 6.45) is 0. The van der Waals surface area contributed by atoms with Gasteiger partial charge in [0.1, 0.15) is 11.8 Å². The first-order valence-electron chi connectivity index (χ1n) is 8.01. The summed E-state index contributed by atoms with van der Waals surface area (Å²) >= 11 is 1.56. The molecule has 1 amide bonds. The minimum atomic E-state index is -0.513. The summed E-state index contributed by atoms with van der Waals surface area (Å²) < 4.78 is 7.20. The molecule has 3 heterocycles. The number of hydrogen-bond donors (Lipinski definition) is 2. The Morgan fingerprint density at radius 3 is 2.81 bits per heavy atom. The van der Waals surface area contributed by atoms with E-state index in [2.05, 4.69) is 15.4 Å². The van der Waals surface area contributed by atoms with Gasteiger partial charge in [-0.2, -0.15) is 4.98 Å². The van der Waals surface area contributed by atoms with Crippen LogP contribution in [-0.4, -0.2) is 27.8 Å². The van der Waals surface area contributed by atoms with Crippen LogP contribution in [0.1, 0.15) is 18.5 Å². The van der Waals surface area contributed by atoms with Gasteiger partial charge in [-0.3, -0.25) is 4.79 Å². The first kappa shape index (κ1) is 16.3. The van der Waals surface area contributed by atoms with Crippen LogP contribution in [0.2, 0.25) is 0 Å². The molecular formula is C18H17N5O2S. The molecule has 1 atom stereocenters. The number of allylic oxidation sites excluding steroid dienone is 1. The lowest BCUT2D eigenvalue weighted by molar-refractivity contribution is -0.115. The molecule has 0 spiro atoms. The fraction of sp³-hybridized carbons (Fsp3) is 0.167. The quantitative estimate of drug-likeness (QED) is 0.739. The molecule has 0 aliphatic carbocycles. The molecule has 8 heteroatoms. The number of thiophene rings is 1. The highest BCUT2D eigenvalue weighted by atomic mass is 32.1. The lowest BCUT2D eigenvalue weighted by atomic mass is 9.94. The van der Waals surface area contributed by atoms with Gasteiger partial charge in [-0.1, -0.05) is 24.3 Å². The normalized spacial score (nSPS) is 16.2. The van der Waals surface area contributed by atoms with Crippen molar-refractivity contribution in [1.82, 2.24) is 14.8 Å². The first-order valence-corrected chi connectivity index (χ1v) is 8.89. The Balaban J connectivity index is 1.93. The number of para-hydroxylation sites is 1. The zero-order chi connectivity index (χ0) is 18.3. The number of methoxy groups -OCH3 is 1. The molecule has 7 nitrogen and oxygen atoms in total. The van der Waals surface area contributed by atoms with E-state index in [4.69, 9.17) is 10.5 Å². The number of carbonyl (C=O) groups is 1. The van der Waals surface area contributed by atoms with Crippen LogP contribution in [0.25, 0.3) is 10.7 Å². The third-order valence-electron chi connectivity index (χ3n) is 4.29. The molecule has 0 fully saturated rings. The molecule has 0 saturated carbocycles. The number of anilines is 1. The molecule has 3 N–H and O–H groups in total. The predicted octanol–water partition coefficient (Wildman–Crippen LogP) is 2.79. The maximum atomic E-state index is 12.2. The van der Waals surface area contributed by atoms with Crippen LogP contribution in [0.15, 0.2) is 53.0 Å². The van der Waals surface area contributed by atoms with Crippen LogP contribution < -0.4 is 15.8 Å². The maximum absolute atomic E-state index is 12.2. The molecule has 1 unspecified atom stereocenters. The van der Waals surface area contributed by atoms with Gasteiger partial charge in [-0.25, -0.2) is 4.68 Å². The minimum absolute atomic E-state index is 0.435. The number of aromatic nitrogens is 3. The number of primary amides is 1. The van der Waals surface area contributed by atoms with Gasteiger partial charge in [0.2, 0.25) is 11.9 Å². The molecule has 1 aromatic carbocycles. The summed E-state index contributed by atoms with van der Waals surface area (Å²) in [5.41, 5.74) is 7.59. The van der Waals surface area contributed by atoms with E-state index in [9.17, 15) is 4.79 Å². The zero-order valence-corrected chi connectivity index (χ0v) is 15.1. The van der Waals surface area contributed by atoms with Crippen LogP contribution in [0.4, 0.5) is 5.95 Å². The van der Waals surface area contributed by atoms with Gasteiger partial charge < -0.3 is 15.8 Å². The van der Waals surface area contributed by atoms with E-state index in [0.29, 0.717) is 28.8 Å². The van der Waals surface area contributed by atoms with Gasteiger partial charge in [0.05, 0.1) is 17.6 Å². The van der Waals surface area contributed by atoms with Crippen molar-refractivity contribution in [3.63, 3.8) is 0 Å². The van der Waals surface area contributed by atoms with Gasteiger partial charge >= 0.3 is 0 Å². The van der Waals surface area contributed by atoms with Crippen molar-refractivity contribution in [1.29, 1.82) is 0 Å². The average Bonchev–Trinajstić information content (AvgIpc) is 3.29. The lowest BCUT2D eigenvalue weighted by Crippen LogP contribution is -2.32. The molecule has 26 heavy (non-hydrogen) atoms. The van der Waals surface area contributed by atoms with Gasteiger partial charge in [0.25, 0.3) is 0 Å². The van der Waals surface area contributed by atoms with Crippen LogP contribution in [0.5, 0.6) is 5.75 Å². The second-order valence-corrected chi connectivity index (χ2v) is 6.80. The van der Waals surface area contributed by atoms with Crippen molar-refractivity contribution in [2.24, 2.45) is 5.73 Å². The molecule has 0 radical (unpaired) electrons. The topological polar surface area (TPSA) is 95.1 Å². The monoisotopic (exact) mass is 367 g/mol. The fourth-order valence-electron chi connectivity index (χ4n) is 3.16. The number of amides is 1. The van der Waals surface area contributed by atoms with Crippen molar-refractivity contribution in [3.05, 3.63) is 58.6 Å². The third kappa shape index (κ3) is 2.55. The van der Waals surface area contributed by atoms with E-state index >= 15 is 0 Å². The summed E-state index contributed by atoms with van der Waals surface area (Å²) in [5.74, 6) is 1.31. The van der Waals surface area contributed by atoms with Crippen molar-refractivity contribution >= 4 is 23.2 Å². The zero-order valence-electron chi connectivity index (χ0n) is 14.3. The second-order valence-electron chi connectivity index (χ2n) is 5.85. The van der Waals surface area contributed by atoms with Gasteiger partial charge in [0, 0.05) is 11.3 Å². The third-order valence-corrected chi connectivity index (χ3v) is 5.16. The Morgan fingerprint density at radius 1 is 1.31 bits per heavy atom. The Labute approximate surface area is 154 Å². The largest absolute Gasteiger partial charge is 0.496 e. The summed E-state index contributed by atoms with van der Waals surface area (Å²) in [6.45, 7) is 1.81. The highest BCUT2D eigenvalue weighted by Crippen LogP contribution is 2.39. The van der Waals surface area contributed by atoms with Crippen LogP contribution in [0.3, 0.4) is 0 Å². The number of nitrogens with two attached hydrogens (primary N) is 1. The molecule has 0 saturated heterocycles. The summed E-state index contributed by atoms with van der Waals surface area (Å²) in [6, 6.07) is 10.9. The Hall–Kier alpha value is -3.13. The molecule has 1 aliphatic rings. The van der Waals surface area contributed by atoms with E-state index in [0.717, 1.165) is 10.4 Å². The van der Waals surface area contributed by atoms with Gasteiger partial charge in [0.15, 0.2) is 5.82 Å². The average molecular weight is 367 g/mol. The Bertz CT molecular complexity index is 1010. The van der Waals surface area contributed by atoms with E-state index in [1.807, 2.05) is 48.7 Å². The van der Waals surface area contributed by atoms with E-state index < -0.39 is 11.9 Å². The SMILES string of the molecule is COc1ccccc1C1C(C(N)=O)=C(C)Nc2nc(-c3cccs3)nn21. The molecule has 0 bridgehead atoms. The van der Waals surface area contributed by atoms with E-state index in [-0.39, 0.29) is 0 Å². The van der Waals surface area contributed by atoms with E-state index in [1.54, 1.807) is 23.1 Å². The maximum Gasteiger partial charge on any atom is 0.248 e. The first-order chi connectivity index (χ1) is 12.6. The molecule has 2 aromatic heterocycles. The van der Waals surface area contributed by atoms with Gasteiger partial charge in [-0.15, -0.1) is 16.4 Å². The predicted molar refractivity (Wildman–Crippen MR) is 100.0 cm³/mol. The molecular weight excluding hydrogens is 350 g/mol. The van der Waals surface area contributed by atoms with Crippen LogP contribution in [0, 0.1) is 0 Å². The van der Waals surface area contributed by atoms with Crippen molar-refractivity contribution in [2.45, 2.75) is 13.0 Å². The smallest absolute Gasteiger partial charge is 0.248 e. The highest BCUT2D eigenvalue weighted by Gasteiger charge is 2.35. The molecule has 1 aliphatic heterocycles. The lowest BCUT2D eigenvalue weighted by Gasteiger charge is -2.28. The Morgan fingerprint density at radius 2 is 2.12 bits per heavy atom. The van der Waals surface area contributed by atoms with Crippen molar-refractivity contribution < 1.29 is 9.53 Å².